The van der Waals surface area contributed by atoms with Gasteiger partial charge in [-0.3, -0.25) is 13.9 Å². The van der Waals surface area contributed by atoms with Crippen LogP contribution in [0.2, 0.25) is 0 Å². The Kier molecular flexibility index (Phi) is 4.38. The molecule has 0 aliphatic carbocycles. The lowest BCUT2D eigenvalue weighted by molar-refractivity contribution is 0.689. The van der Waals surface area contributed by atoms with Gasteiger partial charge in [0.25, 0.3) is 5.56 Å². The molecule has 20 heavy (non-hydrogen) atoms. The smallest absolute Gasteiger partial charge is 0.332 e. The second-order valence-electron chi connectivity index (χ2n) is 4.26. The number of hydrogen-bond donors (Lipinski definition) is 1. The highest BCUT2D eigenvalue weighted by atomic mass is 16.2. The molecule has 0 bridgehead atoms. The third kappa shape index (κ3) is 2.42. The second kappa shape index (κ2) is 5.80. The molecule has 0 saturated heterocycles. The van der Waals surface area contributed by atoms with Crippen LogP contribution in [0.4, 0.5) is 11.5 Å². The first kappa shape index (κ1) is 15.1. The van der Waals surface area contributed by atoms with Gasteiger partial charge >= 0.3 is 5.69 Å². The summed E-state index contributed by atoms with van der Waals surface area (Å²) >= 11 is 0. The van der Waals surface area contributed by atoms with E-state index in [1.165, 1.54) is 24.0 Å². The van der Waals surface area contributed by atoms with E-state index in [-0.39, 0.29) is 11.2 Å². The molecule has 9 heteroatoms. The minimum Gasteiger partial charge on any atom is -0.349 e. The normalized spacial score (nSPS) is 11.9. The van der Waals surface area contributed by atoms with Crippen molar-refractivity contribution in [2.45, 2.75) is 0 Å². The molecular formula is C11H15N7O2. The van der Waals surface area contributed by atoms with Crippen molar-refractivity contribution in [3.63, 3.8) is 0 Å². The highest BCUT2D eigenvalue weighted by molar-refractivity contribution is 5.71. The zero-order chi connectivity index (χ0) is 15.4. The minimum atomic E-state index is -0.291. The molecule has 0 fully saturated rings. The van der Waals surface area contributed by atoms with E-state index in [2.05, 4.69) is 0 Å². The number of fused-ring (bicyclic) bond motifs is 1. The van der Waals surface area contributed by atoms with Crippen LogP contribution < -0.4 is 26.4 Å². The summed E-state index contributed by atoms with van der Waals surface area (Å²) in [5.74, 6) is 0.686. The summed E-state index contributed by atoms with van der Waals surface area (Å²) in [6, 6.07) is 0. The van der Waals surface area contributed by atoms with Gasteiger partial charge in [-0.05, 0) is 0 Å². The number of nitrogens with zero attached hydrogens (tertiary/aromatic N) is 6. The van der Waals surface area contributed by atoms with Crippen LogP contribution in [0.1, 0.15) is 0 Å². The SMILES string of the molecule is CN1CN(C)c2c1c(=O)n(C)c(=O)n2C.N#CNC#N. The van der Waals surface area contributed by atoms with Gasteiger partial charge in [-0.15, -0.1) is 0 Å². The van der Waals surface area contributed by atoms with Gasteiger partial charge < -0.3 is 9.80 Å². The average molecular weight is 277 g/mol. The zero-order valence-electron chi connectivity index (χ0n) is 11.7. The van der Waals surface area contributed by atoms with E-state index in [4.69, 9.17) is 10.5 Å². The van der Waals surface area contributed by atoms with Crippen molar-refractivity contribution in [2.75, 3.05) is 30.6 Å². The van der Waals surface area contributed by atoms with Crippen molar-refractivity contribution < 1.29 is 0 Å². The van der Waals surface area contributed by atoms with Crippen LogP contribution >= 0.6 is 0 Å². The molecule has 2 heterocycles. The van der Waals surface area contributed by atoms with Gasteiger partial charge in [-0.2, -0.15) is 10.5 Å². The predicted octanol–water partition coefficient (Wildman–Crippen LogP) is -1.53. The van der Waals surface area contributed by atoms with Gasteiger partial charge in [-0.25, -0.2) is 10.1 Å². The standard InChI is InChI=1S/C9H14N4O2.C2HN3/c1-10-5-11(2)7-6(10)8(14)13(4)9(15)12(7)3;3-1-5-2-4/h5H2,1-4H3;5H. The molecule has 1 aliphatic heterocycles. The van der Waals surface area contributed by atoms with Crippen molar-refractivity contribution in [2.24, 2.45) is 14.1 Å². The molecule has 0 atom stereocenters. The van der Waals surface area contributed by atoms with Crippen molar-refractivity contribution in [3.8, 4) is 12.4 Å². The Bertz CT molecular complexity index is 692. The lowest BCUT2D eigenvalue weighted by Crippen LogP contribution is -2.38. The van der Waals surface area contributed by atoms with Gasteiger partial charge in [0.1, 0.15) is 11.5 Å². The van der Waals surface area contributed by atoms with Gasteiger partial charge in [0.05, 0.1) is 6.67 Å². The molecule has 0 amide bonds. The third-order valence-corrected chi connectivity index (χ3v) is 2.89. The molecule has 0 saturated carbocycles. The van der Waals surface area contributed by atoms with Crippen molar-refractivity contribution >= 4 is 11.5 Å². The molecule has 1 aliphatic rings. The fourth-order valence-corrected chi connectivity index (χ4v) is 2.07. The van der Waals surface area contributed by atoms with Gasteiger partial charge in [-0.1, -0.05) is 0 Å². The lowest BCUT2D eigenvalue weighted by Gasteiger charge is -2.13. The van der Waals surface area contributed by atoms with E-state index in [1.54, 1.807) is 12.4 Å². The molecule has 9 nitrogen and oxygen atoms in total. The summed E-state index contributed by atoms with van der Waals surface area (Å²) in [5, 5.41) is 16.7. The van der Waals surface area contributed by atoms with Crippen LogP contribution in [0.3, 0.4) is 0 Å². The Morgan fingerprint density at radius 3 is 2.00 bits per heavy atom. The maximum atomic E-state index is 11.9. The molecule has 1 aromatic heterocycles. The molecule has 0 unspecified atom stereocenters. The number of hydrogen-bond acceptors (Lipinski definition) is 7. The summed E-state index contributed by atoms with van der Waals surface area (Å²) in [7, 11) is 6.88. The monoisotopic (exact) mass is 277 g/mol. The molecule has 0 spiro atoms. The second-order valence-corrected chi connectivity index (χ2v) is 4.26. The topological polar surface area (TPSA) is 110 Å². The summed E-state index contributed by atoms with van der Waals surface area (Å²) in [5.41, 5.74) is 0.0583. The fraction of sp³-hybridized carbons (Fsp3) is 0.455. The highest BCUT2D eigenvalue weighted by Crippen LogP contribution is 2.27. The summed E-state index contributed by atoms with van der Waals surface area (Å²) in [4.78, 5) is 27.3. The lowest BCUT2D eigenvalue weighted by atomic mass is 10.4. The molecular weight excluding hydrogens is 262 g/mol. The van der Waals surface area contributed by atoms with Crippen LogP contribution in [0.5, 0.6) is 0 Å². The third-order valence-electron chi connectivity index (χ3n) is 2.89. The van der Waals surface area contributed by atoms with Crippen LogP contribution in [-0.4, -0.2) is 29.9 Å². The van der Waals surface area contributed by atoms with E-state index >= 15 is 0 Å². The maximum absolute atomic E-state index is 11.9. The Balaban J connectivity index is 0.000000347. The van der Waals surface area contributed by atoms with E-state index in [9.17, 15) is 9.59 Å². The van der Waals surface area contributed by atoms with Crippen LogP contribution in [0.15, 0.2) is 9.59 Å². The maximum Gasteiger partial charge on any atom is 0.332 e. The molecule has 1 aromatic rings. The largest absolute Gasteiger partial charge is 0.349 e. The van der Waals surface area contributed by atoms with Crippen molar-refractivity contribution in [1.82, 2.24) is 14.5 Å². The number of rotatable bonds is 0. The van der Waals surface area contributed by atoms with Crippen molar-refractivity contribution in [1.29, 1.82) is 10.5 Å². The number of anilines is 2. The Hall–Kier alpha value is -2.94. The van der Waals surface area contributed by atoms with Gasteiger partial charge in [0, 0.05) is 28.2 Å². The Morgan fingerprint density at radius 2 is 1.55 bits per heavy atom. The van der Waals surface area contributed by atoms with E-state index < -0.39 is 0 Å². The molecule has 0 radical (unpaired) electrons. The number of nitriles is 2. The number of nitrogens with one attached hydrogen (secondary N) is 1. The van der Waals surface area contributed by atoms with Crippen molar-refractivity contribution in [3.05, 3.63) is 20.8 Å². The highest BCUT2D eigenvalue weighted by Gasteiger charge is 2.27. The number of aromatic nitrogens is 2. The van der Waals surface area contributed by atoms with Crippen LogP contribution in [0.25, 0.3) is 0 Å². The molecule has 0 aromatic carbocycles. The van der Waals surface area contributed by atoms with E-state index in [1.807, 2.05) is 23.9 Å². The van der Waals surface area contributed by atoms with Crippen LogP contribution in [-0.2, 0) is 14.1 Å². The average Bonchev–Trinajstić information content (AvgIpc) is 2.70. The van der Waals surface area contributed by atoms with E-state index in [0.29, 0.717) is 18.2 Å². The molecule has 2 rings (SSSR count). The molecule has 1 N–H and O–H groups in total. The van der Waals surface area contributed by atoms with Gasteiger partial charge in [0.15, 0.2) is 12.4 Å². The summed E-state index contributed by atoms with van der Waals surface area (Å²) in [6.07, 6.45) is 2.81. The first-order chi connectivity index (χ1) is 9.36. The minimum absolute atomic E-state index is 0.236. The first-order valence-electron chi connectivity index (χ1n) is 5.62. The first-order valence-corrected chi connectivity index (χ1v) is 5.62. The predicted molar refractivity (Wildman–Crippen MR) is 73.0 cm³/mol. The fourth-order valence-electron chi connectivity index (χ4n) is 2.07. The molecule has 106 valence electrons. The summed E-state index contributed by atoms with van der Waals surface area (Å²) < 4.78 is 2.63. The van der Waals surface area contributed by atoms with Crippen LogP contribution in [0, 0.1) is 22.9 Å². The quantitative estimate of drug-likeness (QED) is 0.452. The summed E-state index contributed by atoms with van der Waals surface area (Å²) in [6.45, 7) is 0.627. The zero-order valence-corrected chi connectivity index (χ0v) is 11.7. The van der Waals surface area contributed by atoms with Gasteiger partial charge in [0.2, 0.25) is 0 Å². The Labute approximate surface area is 115 Å². The van der Waals surface area contributed by atoms with E-state index in [0.717, 1.165) is 4.57 Å². The Morgan fingerprint density at radius 1 is 1.00 bits per heavy atom.